The maximum atomic E-state index is 16.0. The Kier molecular flexibility index (Phi) is 7.21. The molecule has 2 amide bonds. The van der Waals surface area contributed by atoms with Crippen molar-refractivity contribution >= 4 is 63.6 Å². The van der Waals surface area contributed by atoms with Crippen LogP contribution in [0.4, 0.5) is 5.69 Å². The van der Waals surface area contributed by atoms with Crippen LogP contribution >= 0.6 is 23.2 Å². The van der Waals surface area contributed by atoms with E-state index in [1.54, 1.807) is 60.7 Å². The topological polar surface area (TPSA) is 80.8 Å². The van der Waals surface area contributed by atoms with Gasteiger partial charge in [0.05, 0.1) is 28.4 Å². The number of anilines is 1. The molecule has 0 unspecified atom stereocenters. The summed E-state index contributed by atoms with van der Waals surface area (Å²) in [6.07, 6.45) is 0. The van der Waals surface area contributed by atoms with Crippen LogP contribution in [-0.2, 0) is 30.0 Å². The van der Waals surface area contributed by atoms with E-state index in [1.165, 1.54) is 24.0 Å². The molecule has 8 rings (SSSR count). The molecule has 3 aliphatic rings. The lowest BCUT2D eigenvalue weighted by molar-refractivity contribution is -0.132. The Morgan fingerprint density at radius 3 is 1.39 bits per heavy atom. The van der Waals surface area contributed by atoms with Gasteiger partial charge in [0.25, 0.3) is 0 Å². The van der Waals surface area contributed by atoms with Crippen LogP contribution in [0.3, 0.4) is 0 Å². The van der Waals surface area contributed by atoms with Gasteiger partial charge in [-0.3, -0.25) is 19.2 Å². The number of allylic oxidation sites excluding steroid dienone is 2. The van der Waals surface area contributed by atoms with Gasteiger partial charge in [-0.1, -0.05) is 108 Å². The first-order valence-corrected chi connectivity index (χ1v) is 16.6. The number of carbonyl (C=O) groups excluding carboxylic acids is 4. The molecule has 4 atom stereocenters. The molecule has 2 aliphatic carbocycles. The number of Topliss-reactive ketones (excluding diaryl/α,β-unsaturated/α-hetero) is 1. The van der Waals surface area contributed by atoms with Crippen LogP contribution in [-0.4, -0.2) is 23.6 Å². The quantitative estimate of drug-likeness (QED) is 0.103. The molecule has 0 N–H and O–H groups in total. The largest absolute Gasteiger partial charge is 0.427 e. The van der Waals surface area contributed by atoms with E-state index >= 15 is 14.4 Å². The van der Waals surface area contributed by atoms with Gasteiger partial charge in [0.1, 0.15) is 5.75 Å². The third-order valence-electron chi connectivity index (χ3n) is 10.1. The lowest BCUT2D eigenvalue weighted by atomic mass is 9.59. The number of hydrogen-bond donors (Lipinski definition) is 0. The van der Waals surface area contributed by atoms with Crippen LogP contribution < -0.4 is 9.64 Å². The van der Waals surface area contributed by atoms with Crippen molar-refractivity contribution in [2.75, 3.05) is 4.90 Å². The number of nitrogens with zero attached hydrogens (tertiary/aromatic N) is 1. The first-order chi connectivity index (χ1) is 23.7. The summed E-state index contributed by atoms with van der Waals surface area (Å²) in [5, 5.41) is 0.946. The molecule has 6 nitrogen and oxygen atoms in total. The highest BCUT2D eigenvalue weighted by Gasteiger charge is 2.82. The van der Waals surface area contributed by atoms with E-state index in [-0.39, 0.29) is 11.5 Å². The van der Waals surface area contributed by atoms with E-state index in [0.717, 1.165) is 11.1 Å². The number of imide groups is 1. The average Bonchev–Trinajstić information content (AvgIpc) is 3.62. The predicted molar refractivity (Wildman–Crippen MR) is 188 cm³/mol. The number of carbonyl (C=O) groups is 4. The number of ketones is 1. The molecule has 0 spiro atoms. The van der Waals surface area contributed by atoms with Crippen molar-refractivity contribution in [3.63, 3.8) is 0 Å². The molecule has 5 aromatic carbocycles. The van der Waals surface area contributed by atoms with E-state index in [2.05, 4.69) is 0 Å². The van der Waals surface area contributed by atoms with E-state index in [0.29, 0.717) is 38.0 Å². The molecule has 0 radical (unpaired) electrons. The van der Waals surface area contributed by atoms with Crippen LogP contribution in [0.1, 0.15) is 29.2 Å². The van der Waals surface area contributed by atoms with Crippen LogP contribution in [0.2, 0.25) is 10.0 Å². The zero-order valence-corrected chi connectivity index (χ0v) is 27.6. The molecule has 1 heterocycles. The normalized spacial score (nSPS) is 24.1. The average molecular weight is 685 g/mol. The van der Waals surface area contributed by atoms with Crippen molar-refractivity contribution in [3.8, 4) is 5.75 Å². The summed E-state index contributed by atoms with van der Waals surface area (Å²) in [5.41, 5.74) is 1.21. The third-order valence-corrected chi connectivity index (χ3v) is 10.6. The Balaban J connectivity index is 1.49. The number of esters is 1. The van der Waals surface area contributed by atoms with Crippen molar-refractivity contribution in [2.24, 2.45) is 11.8 Å². The molecular weight excluding hydrogens is 657 g/mol. The second-order valence-corrected chi connectivity index (χ2v) is 13.4. The SMILES string of the molecule is CC(=O)Oc1ccc(N2C(=O)[C@@H]3[C@@H](C2=O)[C@@]2(c4ccc(Cl)cc4)C(=O)[C@@]3(c3ccc(Cl)cc3)C(c3ccccc3)=C2c2ccccc2)cc1. The maximum absolute atomic E-state index is 16.0. The summed E-state index contributed by atoms with van der Waals surface area (Å²) < 4.78 is 5.21. The van der Waals surface area contributed by atoms with Gasteiger partial charge < -0.3 is 4.74 Å². The van der Waals surface area contributed by atoms with Crippen molar-refractivity contribution in [2.45, 2.75) is 17.8 Å². The van der Waals surface area contributed by atoms with Crippen molar-refractivity contribution in [1.82, 2.24) is 0 Å². The number of benzene rings is 5. The van der Waals surface area contributed by atoms with Crippen LogP contribution in [0.5, 0.6) is 5.75 Å². The molecule has 5 aromatic rings. The molecule has 8 heteroatoms. The summed E-state index contributed by atoms with van der Waals surface area (Å²) in [7, 11) is 0. The second kappa shape index (κ2) is 11.4. The van der Waals surface area contributed by atoms with Crippen molar-refractivity contribution in [3.05, 3.63) is 166 Å². The molecule has 1 aliphatic heterocycles. The zero-order valence-electron chi connectivity index (χ0n) is 26.1. The summed E-state index contributed by atoms with van der Waals surface area (Å²) in [6, 6.07) is 39.5. The summed E-state index contributed by atoms with van der Waals surface area (Å²) in [4.78, 5) is 58.9. The number of ether oxygens (including phenoxy) is 1. The molecule has 2 fully saturated rings. The summed E-state index contributed by atoms with van der Waals surface area (Å²) >= 11 is 12.8. The molecule has 2 bridgehead atoms. The standard InChI is InChI=1S/C41H27Cl2NO5/c1-24(45)49-32-22-20-31(21-23-32)44-37(46)35-36(38(44)47)41(28-14-18-30(43)19-15-28)34(26-10-6-3-7-11-26)33(25-8-4-2-5-9-25)40(35,39(41)48)27-12-16-29(42)17-13-27/h2-23,35-36H,1H3/t35-,36-,40-,41-/m0/s1. The summed E-state index contributed by atoms with van der Waals surface area (Å²) in [6.45, 7) is 1.30. The van der Waals surface area contributed by atoms with E-state index in [9.17, 15) is 4.79 Å². The maximum Gasteiger partial charge on any atom is 0.308 e. The zero-order chi connectivity index (χ0) is 34.1. The number of halogens is 2. The fraction of sp³-hybridized carbons (Fsp3) is 0.122. The smallest absolute Gasteiger partial charge is 0.308 e. The third kappa shape index (κ3) is 4.27. The van der Waals surface area contributed by atoms with Gasteiger partial charge in [0, 0.05) is 17.0 Å². The molecule has 49 heavy (non-hydrogen) atoms. The highest BCUT2D eigenvalue weighted by Crippen LogP contribution is 2.74. The Morgan fingerprint density at radius 1 is 0.592 bits per heavy atom. The first-order valence-electron chi connectivity index (χ1n) is 15.8. The van der Waals surface area contributed by atoms with Gasteiger partial charge in [-0.2, -0.15) is 0 Å². The van der Waals surface area contributed by atoms with Gasteiger partial charge in [0.2, 0.25) is 11.8 Å². The van der Waals surface area contributed by atoms with Crippen LogP contribution in [0.25, 0.3) is 11.1 Å². The molecule has 0 aromatic heterocycles. The van der Waals surface area contributed by atoms with Gasteiger partial charge in [-0.15, -0.1) is 0 Å². The monoisotopic (exact) mass is 683 g/mol. The minimum absolute atomic E-state index is 0.246. The van der Waals surface area contributed by atoms with Gasteiger partial charge >= 0.3 is 5.97 Å². The number of rotatable bonds is 6. The van der Waals surface area contributed by atoms with Crippen molar-refractivity contribution in [1.29, 1.82) is 0 Å². The van der Waals surface area contributed by atoms with Crippen LogP contribution in [0.15, 0.2) is 133 Å². The minimum atomic E-state index is -1.57. The highest BCUT2D eigenvalue weighted by molar-refractivity contribution is 6.39. The van der Waals surface area contributed by atoms with Gasteiger partial charge in [-0.25, -0.2) is 4.90 Å². The Hall–Kier alpha value is -5.30. The van der Waals surface area contributed by atoms with Gasteiger partial charge in [-0.05, 0) is 81.9 Å². The van der Waals surface area contributed by atoms with Gasteiger partial charge in [0.15, 0.2) is 5.78 Å². The molecule has 1 saturated carbocycles. The second-order valence-electron chi connectivity index (χ2n) is 12.5. The highest BCUT2D eigenvalue weighted by atomic mass is 35.5. The number of hydrogen-bond acceptors (Lipinski definition) is 5. The number of fused-ring (bicyclic) bond motifs is 5. The van der Waals surface area contributed by atoms with E-state index in [4.69, 9.17) is 27.9 Å². The number of amides is 2. The fourth-order valence-corrected chi connectivity index (χ4v) is 8.69. The lowest BCUT2D eigenvalue weighted by Gasteiger charge is -2.39. The van der Waals surface area contributed by atoms with Crippen molar-refractivity contribution < 1.29 is 23.9 Å². The summed E-state index contributed by atoms with van der Waals surface area (Å²) in [5.74, 6) is -3.64. The van der Waals surface area contributed by atoms with E-state index in [1.807, 2.05) is 60.7 Å². The molecular formula is C41H27Cl2NO5. The lowest BCUT2D eigenvalue weighted by Crippen LogP contribution is -2.45. The Morgan fingerprint density at radius 2 is 1.00 bits per heavy atom. The van der Waals surface area contributed by atoms with Crippen LogP contribution in [0, 0.1) is 11.8 Å². The molecule has 1 saturated heterocycles. The minimum Gasteiger partial charge on any atom is -0.427 e. The fourth-order valence-electron chi connectivity index (χ4n) is 8.44. The predicted octanol–water partition coefficient (Wildman–Crippen LogP) is 8.11. The Labute approximate surface area is 292 Å². The van der Waals surface area contributed by atoms with E-state index < -0.39 is 40.4 Å². The Bertz CT molecular complexity index is 2070. The molecule has 240 valence electrons. The first kappa shape index (κ1) is 31.0.